The third kappa shape index (κ3) is 5.42. The van der Waals surface area contributed by atoms with Crippen LogP contribution in [0.2, 0.25) is 5.02 Å². The minimum atomic E-state index is -0.677. The van der Waals surface area contributed by atoms with Gasteiger partial charge in [0.05, 0.1) is 11.6 Å². The number of halogens is 2. The van der Waals surface area contributed by atoms with Crippen LogP contribution in [0.1, 0.15) is 17.0 Å². The molecule has 2 aromatic carbocycles. The Morgan fingerprint density at radius 1 is 1.24 bits per heavy atom. The van der Waals surface area contributed by atoms with Crippen molar-refractivity contribution in [2.75, 3.05) is 5.32 Å². The fraction of sp³-hybridized carbons (Fsp3) is 0.111. The predicted molar refractivity (Wildman–Crippen MR) is 101 cm³/mol. The van der Waals surface area contributed by atoms with Crippen LogP contribution in [0, 0.1) is 5.82 Å². The number of benzene rings is 2. The van der Waals surface area contributed by atoms with Gasteiger partial charge in [-0.15, -0.1) is 0 Å². The maximum absolute atomic E-state index is 13.3. The number of anilines is 1. The van der Waals surface area contributed by atoms with E-state index in [1.807, 2.05) is 30.3 Å². The maximum atomic E-state index is 13.3. The summed E-state index contributed by atoms with van der Waals surface area (Å²) >= 11 is 5.73. The van der Waals surface area contributed by atoms with Gasteiger partial charge in [-0.05, 0) is 28.9 Å². The first-order valence-electron chi connectivity index (χ1n) is 8.27. The van der Waals surface area contributed by atoms with E-state index in [1.54, 1.807) is 0 Å². The number of alkyl carbamates (subject to hydrolysis) is 1. The van der Waals surface area contributed by atoms with Crippen molar-refractivity contribution in [2.45, 2.75) is 13.2 Å². The highest BCUT2D eigenvalue weighted by Gasteiger charge is 2.19. The number of rotatable bonds is 6. The molecule has 0 bridgehead atoms. The molecule has 150 valence electrons. The molecular formula is C18H15ClFN5O4. The normalized spacial score (nSPS) is 11.2. The van der Waals surface area contributed by atoms with Crippen LogP contribution in [-0.2, 0) is 17.9 Å². The standard InChI is InChI=1S/C18H15ClFN5O4/c19-13-8-12(6-7-14(13)20)22-17(23-27)16-15(24-29-25-16)9-21-18(26)28-10-11-4-2-1-3-5-11/h1-8,27H,9-10H2,(H,21,26)(H,22,23). The number of nitrogens with one attached hydrogen (secondary N) is 2. The number of nitrogens with zero attached hydrogens (tertiary/aromatic N) is 3. The van der Waals surface area contributed by atoms with Crippen LogP contribution in [0.15, 0.2) is 58.3 Å². The van der Waals surface area contributed by atoms with Gasteiger partial charge < -0.3 is 20.6 Å². The van der Waals surface area contributed by atoms with E-state index < -0.39 is 11.9 Å². The molecule has 0 aliphatic carbocycles. The summed E-state index contributed by atoms with van der Waals surface area (Å²) in [5, 5.41) is 24.8. The number of carbonyl (C=O) groups excluding carboxylic acids is 1. The molecule has 3 N–H and O–H groups in total. The predicted octanol–water partition coefficient (Wildman–Crippen LogP) is 3.54. The van der Waals surface area contributed by atoms with Crippen LogP contribution >= 0.6 is 11.6 Å². The number of aromatic nitrogens is 2. The lowest BCUT2D eigenvalue weighted by molar-refractivity contribution is 0.139. The number of ether oxygens (including phenoxy) is 1. The molecule has 0 unspecified atom stereocenters. The van der Waals surface area contributed by atoms with Crippen molar-refractivity contribution >= 4 is 29.2 Å². The van der Waals surface area contributed by atoms with Crippen LogP contribution in [0.25, 0.3) is 0 Å². The van der Waals surface area contributed by atoms with E-state index in [2.05, 4.69) is 30.7 Å². The topological polar surface area (TPSA) is 122 Å². The SMILES string of the molecule is O=C(NCc1nonc1C(=NO)Nc1ccc(F)c(Cl)c1)OCc1ccccc1. The molecule has 0 aliphatic rings. The van der Waals surface area contributed by atoms with E-state index in [0.29, 0.717) is 5.69 Å². The molecule has 29 heavy (non-hydrogen) atoms. The maximum Gasteiger partial charge on any atom is 0.407 e. The summed E-state index contributed by atoms with van der Waals surface area (Å²) in [5.41, 5.74) is 1.39. The Hall–Kier alpha value is -3.66. The first-order valence-corrected chi connectivity index (χ1v) is 8.65. The largest absolute Gasteiger partial charge is 0.445 e. The zero-order chi connectivity index (χ0) is 20.6. The smallest absolute Gasteiger partial charge is 0.407 e. The van der Waals surface area contributed by atoms with E-state index in [-0.39, 0.29) is 35.4 Å². The van der Waals surface area contributed by atoms with Gasteiger partial charge in [0.2, 0.25) is 5.84 Å². The zero-order valence-corrected chi connectivity index (χ0v) is 15.6. The van der Waals surface area contributed by atoms with E-state index in [4.69, 9.17) is 16.3 Å². The summed E-state index contributed by atoms with van der Waals surface area (Å²) in [6.45, 7) is 0.00412. The van der Waals surface area contributed by atoms with Crippen LogP contribution in [-0.4, -0.2) is 27.4 Å². The zero-order valence-electron chi connectivity index (χ0n) is 14.8. The van der Waals surface area contributed by atoms with Crippen LogP contribution in [0.4, 0.5) is 14.9 Å². The molecule has 0 saturated carbocycles. The average molecular weight is 420 g/mol. The first-order chi connectivity index (χ1) is 14.1. The van der Waals surface area contributed by atoms with Crippen molar-refractivity contribution in [3.05, 3.63) is 76.3 Å². The Kier molecular flexibility index (Phi) is 6.59. The van der Waals surface area contributed by atoms with Gasteiger partial charge in [0.15, 0.2) is 5.69 Å². The Labute approximate surface area is 169 Å². The molecule has 0 fully saturated rings. The number of oxime groups is 1. The molecule has 1 aromatic heterocycles. The monoisotopic (exact) mass is 419 g/mol. The van der Waals surface area contributed by atoms with Crippen molar-refractivity contribution in [2.24, 2.45) is 5.16 Å². The lowest BCUT2D eigenvalue weighted by atomic mass is 10.2. The van der Waals surface area contributed by atoms with Crippen molar-refractivity contribution in [3.63, 3.8) is 0 Å². The quantitative estimate of drug-likeness (QED) is 0.242. The number of hydrogen-bond donors (Lipinski definition) is 3. The van der Waals surface area contributed by atoms with Gasteiger partial charge >= 0.3 is 6.09 Å². The fourth-order valence-electron chi connectivity index (χ4n) is 2.27. The van der Waals surface area contributed by atoms with Crippen LogP contribution < -0.4 is 10.6 Å². The fourth-order valence-corrected chi connectivity index (χ4v) is 2.46. The third-order valence-corrected chi connectivity index (χ3v) is 3.97. The first kappa shape index (κ1) is 20.1. The molecule has 0 radical (unpaired) electrons. The van der Waals surface area contributed by atoms with E-state index in [9.17, 15) is 14.4 Å². The number of carbonyl (C=O) groups is 1. The Morgan fingerprint density at radius 3 is 2.76 bits per heavy atom. The van der Waals surface area contributed by atoms with E-state index in [0.717, 1.165) is 11.6 Å². The van der Waals surface area contributed by atoms with Gasteiger partial charge in [-0.2, -0.15) is 0 Å². The summed E-state index contributed by atoms with van der Waals surface area (Å²) in [7, 11) is 0. The highest BCUT2D eigenvalue weighted by molar-refractivity contribution is 6.31. The van der Waals surface area contributed by atoms with Gasteiger partial charge in [0, 0.05) is 5.69 Å². The van der Waals surface area contributed by atoms with Gasteiger partial charge in [-0.1, -0.05) is 52.2 Å². The summed E-state index contributed by atoms with van der Waals surface area (Å²) in [6, 6.07) is 13.0. The molecule has 0 aliphatic heterocycles. The van der Waals surface area contributed by atoms with E-state index >= 15 is 0 Å². The highest BCUT2D eigenvalue weighted by atomic mass is 35.5. The third-order valence-electron chi connectivity index (χ3n) is 3.68. The minimum Gasteiger partial charge on any atom is -0.445 e. The molecule has 0 atom stereocenters. The number of amides is 1. The molecule has 1 amide bonds. The van der Waals surface area contributed by atoms with Crippen molar-refractivity contribution < 1.29 is 23.8 Å². The Bertz CT molecular complexity index is 1010. The van der Waals surface area contributed by atoms with Crippen molar-refractivity contribution in [1.82, 2.24) is 15.6 Å². The van der Waals surface area contributed by atoms with E-state index in [1.165, 1.54) is 12.1 Å². The van der Waals surface area contributed by atoms with Crippen LogP contribution in [0.3, 0.4) is 0 Å². The molecule has 3 aromatic rings. The number of hydrogen-bond acceptors (Lipinski definition) is 7. The van der Waals surface area contributed by atoms with Crippen LogP contribution in [0.5, 0.6) is 0 Å². The van der Waals surface area contributed by atoms with Gasteiger partial charge in [0.25, 0.3) is 0 Å². The lowest BCUT2D eigenvalue weighted by Gasteiger charge is -2.08. The second kappa shape index (κ2) is 9.51. The average Bonchev–Trinajstić information content (AvgIpc) is 3.20. The molecule has 3 rings (SSSR count). The number of amidine groups is 1. The molecule has 11 heteroatoms. The molecule has 9 nitrogen and oxygen atoms in total. The van der Waals surface area contributed by atoms with Gasteiger partial charge in [-0.25, -0.2) is 13.8 Å². The summed E-state index contributed by atoms with van der Waals surface area (Å²) in [6.07, 6.45) is -0.677. The molecule has 0 saturated heterocycles. The molecular weight excluding hydrogens is 405 g/mol. The van der Waals surface area contributed by atoms with Crippen molar-refractivity contribution in [1.29, 1.82) is 0 Å². The summed E-state index contributed by atoms with van der Waals surface area (Å²) in [5.74, 6) is -0.731. The highest BCUT2D eigenvalue weighted by Crippen LogP contribution is 2.20. The van der Waals surface area contributed by atoms with Crippen molar-refractivity contribution in [3.8, 4) is 0 Å². The Balaban J connectivity index is 1.60. The van der Waals surface area contributed by atoms with Gasteiger partial charge in [0.1, 0.15) is 18.1 Å². The lowest BCUT2D eigenvalue weighted by Crippen LogP contribution is -2.25. The second-order valence-electron chi connectivity index (χ2n) is 5.68. The Morgan fingerprint density at radius 2 is 2.03 bits per heavy atom. The second-order valence-corrected chi connectivity index (χ2v) is 6.08. The molecule has 0 spiro atoms. The summed E-state index contributed by atoms with van der Waals surface area (Å²) < 4.78 is 23.0. The molecule has 1 heterocycles. The minimum absolute atomic E-state index is 0.0382. The van der Waals surface area contributed by atoms with Gasteiger partial charge in [-0.3, -0.25) is 0 Å². The summed E-state index contributed by atoms with van der Waals surface area (Å²) in [4.78, 5) is 11.9.